The lowest BCUT2D eigenvalue weighted by Gasteiger charge is -2.29. The van der Waals surface area contributed by atoms with Crippen molar-refractivity contribution in [1.29, 1.82) is 0 Å². The average Bonchev–Trinajstić information content (AvgIpc) is 3.30. The van der Waals surface area contributed by atoms with Crippen LogP contribution in [0.2, 0.25) is 0 Å². The Balaban J connectivity index is 1.61. The van der Waals surface area contributed by atoms with Gasteiger partial charge >= 0.3 is 12.1 Å². The summed E-state index contributed by atoms with van der Waals surface area (Å²) in [4.78, 5) is 38.1. The third-order valence-corrected chi connectivity index (χ3v) is 5.22. The van der Waals surface area contributed by atoms with E-state index in [1.165, 1.54) is 4.90 Å². The summed E-state index contributed by atoms with van der Waals surface area (Å²) in [6.07, 6.45) is 3.08. The zero-order valence-corrected chi connectivity index (χ0v) is 14.6. The minimum atomic E-state index is -1.20. The summed E-state index contributed by atoms with van der Waals surface area (Å²) in [6, 6.07) is 8.66. The molecule has 0 spiro atoms. The number of carbonyl (C=O) groups is 3. The van der Waals surface area contributed by atoms with Gasteiger partial charge in [-0.1, -0.05) is 43.2 Å². The Morgan fingerprint density at radius 1 is 1.15 bits per heavy atom. The van der Waals surface area contributed by atoms with Gasteiger partial charge in [-0.05, 0) is 31.2 Å². The number of amides is 2. The van der Waals surface area contributed by atoms with Crippen LogP contribution < -0.4 is 5.32 Å². The fourth-order valence-electron chi connectivity index (χ4n) is 3.75. The molecule has 0 radical (unpaired) electrons. The Bertz CT molecular complexity index is 670. The highest BCUT2D eigenvalue weighted by Crippen LogP contribution is 2.31. The maximum absolute atomic E-state index is 12.7. The minimum Gasteiger partial charge on any atom is -0.480 e. The number of rotatable bonds is 5. The lowest BCUT2D eigenvalue weighted by atomic mass is 9.97. The summed E-state index contributed by atoms with van der Waals surface area (Å²) >= 11 is 0. The van der Waals surface area contributed by atoms with E-state index in [2.05, 4.69) is 5.32 Å². The molecule has 0 bridgehead atoms. The van der Waals surface area contributed by atoms with Crippen LogP contribution in [0.15, 0.2) is 30.3 Å². The predicted molar refractivity (Wildman–Crippen MR) is 93.3 cm³/mol. The highest BCUT2D eigenvalue weighted by molar-refractivity contribution is 5.91. The number of carbonyl (C=O) groups excluding carboxylic acids is 2. The first-order chi connectivity index (χ1) is 12.5. The van der Waals surface area contributed by atoms with Crippen LogP contribution >= 0.6 is 0 Å². The summed E-state index contributed by atoms with van der Waals surface area (Å²) in [7, 11) is 0. The van der Waals surface area contributed by atoms with Crippen molar-refractivity contribution in [3.63, 3.8) is 0 Å². The number of benzene rings is 1. The van der Waals surface area contributed by atoms with E-state index < -0.39 is 29.6 Å². The van der Waals surface area contributed by atoms with E-state index in [1.54, 1.807) is 0 Å². The van der Waals surface area contributed by atoms with Crippen molar-refractivity contribution in [2.75, 3.05) is 6.54 Å². The van der Waals surface area contributed by atoms with Crippen LogP contribution in [0.4, 0.5) is 4.79 Å². The van der Waals surface area contributed by atoms with Crippen molar-refractivity contribution in [2.24, 2.45) is 0 Å². The molecule has 2 aliphatic rings. The molecule has 1 aliphatic carbocycles. The number of carboxylic acid groups (broad SMARTS) is 1. The fourth-order valence-corrected chi connectivity index (χ4v) is 3.75. The van der Waals surface area contributed by atoms with Crippen LogP contribution in [0.3, 0.4) is 0 Å². The van der Waals surface area contributed by atoms with E-state index in [1.807, 2.05) is 30.3 Å². The minimum absolute atomic E-state index is 0.142. The van der Waals surface area contributed by atoms with E-state index in [-0.39, 0.29) is 6.61 Å². The Labute approximate surface area is 152 Å². The maximum Gasteiger partial charge on any atom is 0.410 e. The molecule has 0 aromatic heterocycles. The molecular formula is C19H24N2O5. The quantitative estimate of drug-likeness (QED) is 0.840. The second-order valence-electron chi connectivity index (χ2n) is 6.98. The molecule has 1 heterocycles. The first-order valence-corrected chi connectivity index (χ1v) is 9.05. The van der Waals surface area contributed by atoms with E-state index >= 15 is 0 Å². The molecule has 2 fully saturated rings. The van der Waals surface area contributed by atoms with Crippen LogP contribution in [-0.2, 0) is 20.9 Å². The average molecular weight is 360 g/mol. The van der Waals surface area contributed by atoms with E-state index in [0.29, 0.717) is 32.2 Å². The number of ether oxygens (including phenoxy) is 1. The first-order valence-electron chi connectivity index (χ1n) is 9.05. The number of hydrogen-bond donors (Lipinski definition) is 2. The molecule has 1 aromatic rings. The van der Waals surface area contributed by atoms with Crippen LogP contribution in [0.1, 0.15) is 44.1 Å². The van der Waals surface area contributed by atoms with Crippen LogP contribution in [0, 0.1) is 0 Å². The fraction of sp³-hybridized carbons (Fsp3) is 0.526. The van der Waals surface area contributed by atoms with Crippen LogP contribution in [0.25, 0.3) is 0 Å². The molecule has 7 nitrogen and oxygen atoms in total. The van der Waals surface area contributed by atoms with E-state index in [4.69, 9.17) is 4.74 Å². The standard InChI is InChI=1S/C19H24N2O5/c22-16(20-19(17(23)24)10-4-5-11-19)15-9-6-12-21(15)18(25)26-13-14-7-2-1-3-8-14/h1-3,7-8,15H,4-6,9-13H2,(H,20,22)(H,23,24)/t15-/m0/s1. The van der Waals surface area contributed by atoms with Gasteiger partial charge in [-0.25, -0.2) is 9.59 Å². The summed E-state index contributed by atoms with van der Waals surface area (Å²) < 4.78 is 5.33. The molecule has 1 aliphatic heterocycles. The second kappa shape index (κ2) is 7.76. The number of aliphatic carboxylic acids is 1. The second-order valence-corrected chi connectivity index (χ2v) is 6.98. The molecule has 1 atom stereocenters. The molecule has 7 heteroatoms. The van der Waals surface area contributed by atoms with Crippen molar-refractivity contribution in [3.05, 3.63) is 35.9 Å². The van der Waals surface area contributed by atoms with Gasteiger partial charge in [0.15, 0.2) is 0 Å². The Hall–Kier alpha value is -2.57. The monoisotopic (exact) mass is 360 g/mol. The predicted octanol–water partition coefficient (Wildman–Crippen LogP) is 2.30. The van der Waals surface area contributed by atoms with Crippen LogP contribution in [0.5, 0.6) is 0 Å². The molecule has 3 rings (SSSR count). The highest BCUT2D eigenvalue weighted by Gasteiger charge is 2.45. The van der Waals surface area contributed by atoms with Gasteiger partial charge in [-0.3, -0.25) is 9.69 Å². The number of nitrogens with one attached hydrogen (secondary N) is 1. The largest absolute Gasteiger partial charge is 0.480 e. The number of hydrogen-bond acceptors (Lipinski definition) is 4. The Morgan fingerprint density at radius 2 is 1.85 bits per heavy atom. The van der Waals surface area contributed by atoms with Gasteiger partial charge in [-0.15, -0.1) is 0 Å². The van der Waals surface area contributed by atoms with Gasteiger partial charge in [0.1, 0.15) is 18.2 Å². The molecule has 140 valence electrons. The summed E-state index contributed by atoms with van der Waals surface area (Å²) in [5.41, 5.74) is -0.323. The van der Waals surface area contributed by atoms with E-state index in [0.717, 1.165) is 18.4 Å². The van der Waals surface area contributed by atoms with Gasteiger partial charge in [0.25, 0.3) is 0 Å². The number of nitrogens with zero attached hydrogens (tertiary/aromatic N) is 1. The Morgan fingerprint density at radius 3 is 2.50 bits per heavy atom. The Kier molecular flexibility index (Phi) is 5.44. The van der Waals surface area contributed by atoms with Crippen molar-refractivity contribution >= 4 is 18.0 Å². The smallest absolute Gasteiger partial charge is 0.410 e. The molecular weight excluding hydrogens is 336 g/mol. The molecule has 0 unspecified atom stereocenters. The van der Waals surface area contributed by atoms with Gasteiger partial charge in [0.05, 0.1) is 0 Å². The van der Waals surface area contributed by atoms with Gasteiger partial charge < -0.3 is 15.2 Å². The van der Waals surface area contributed by atoms with E-state index in [9.17, 15) is 19.5 Å². The first kappa shape index (κ1) is 18.2. The van der Waals surface area contributed by atoms with Crippen molar-refractivity contribution < 1.29 is 24.2 Å². The van der Waals surface area contributed by atoms with Crippen LogP contribution in [-0.4, -0.2) is 46.1 Å². The molecule has 26 heavy (non-hydrogen) atoms. The number of carboxylic acids is 1. The normalized spacial score (nSPS) is 21.4. The van der Waals surface area contributed by atoms with Crippen molar-refractivity contribution in [2.45, 2.75) is 56.7 Å². The molecule has 1 saturated heterocycles. The number of likely N-dealkylation sites (tertiary alicyclic amines) is 1. The summed E-state index contributed by atoms with van der Waals surface area (Å²) in [5.74, 6) is -1.40. The van der Waals surface area contributed by atoms with Crippen molar-refractivity contribution in [3.8, 4) is 0 Å². The molecule has 1 aromatic carbocycles. The highest BCUT2D eigenvalue weighted by atomic mass is 16.6. The lowest BCUT2D eigenvalue weighted by molar-refractivity contribution is -0.148. The zero-order valence-electron chi connectivity index (χ0n) is 14.6. The third-order valence-electron chi connectivity index (χ3n) is 5.22. The SMILES string of the molecule is O=C(NC1(C(=O)O)CCCC1)[C@@H]1CCCN1C(=O)OCc1ccccc1. The topological polar surface area (TPSA) is 95.9 Å². The molecule has 2 amide bonds. The van der Waals surface area contributed by atoms with Crippen molar-refractivity contribution in [1.82, 2.24) is 10.2 Å². The summed E-state index contributed by atoms with van der Waals surface area (Å²) in [6.45, 7) is 0.579. The van der Waals surface area contributed by atoms with Gasteiger partial charge in [0.2, 0.25) is 5.91 Å². The summed E-state index contributed by atoms with van der Waals surface area (Å²) in [5, 5.41) is 12.2. The van der Waals surface area contributed by atoms with Gasteiger partial charge in [0, 0.05) is 6.54 Å². The maximum atomic E-state index is 12.7. The third kappa shape index (κ3) is 3.81. The zero-order chi connectivity index (χ0) is 18.6. The lowest BCUT2D eigenvalue weighted by Crippen LogP contribution is -2.57. The molecule has 2 N–H and O–H groups in total. The molecule has 1 saturated carbocycles. The van der Waals surface area contributed by atoms with Gasteiger partial charge in [-0.2, -0.15) is 0 Å².